The maximum absolute atomic E-state index is 13.1. The van der Waals surface area contributed by atoms with Crippen LogP contribution < -0.4 is 10.6 Å². The summed E-state index contributed by atoms with van der Waals surface area (Å²) in [6, 6.07) is 8.31. The molecule has 1 heterocycles. The van der Waals surface area contributed by atoms with Crippen LogP contribution >= 0.6 is 0 Å². The first-order valence-electron chi connectivity index (χ1n) is 8.09. The van der Waals surface area contributed by atoms with Crippen molar-refractivity contribution in [3.63, 3.8) is 0 Å². The van der Waals surface area contributed by atoms with Crippen molar-refractivity contribution in [3.05, 3.63) is 41.7 Å². The minimum absolute atomic E-state index is 0.0107. The summed E-state index contributed by atoms with van der Waals surface area (Å²) in [5.74, 6) is -0.0107. The van der Waals surface area contributed by atoms with Crippen LogP contribution in [0.5, 0.6) is 0 Å². The van der Waals surface area contributed by atoms with Crippen LogP contribution in [0.25, 0.3) is 0 Å². The summed E-state index contributed by atoms with van der Waals surface area (Å²) in [6.45, 7) is 2.98. The first-order valence-corrected chi connectivity index (χ1v) is 8.09. The van der Waals surface area contributed by atoms with Crippen molar-refractivity contribution in [2.24, 2.45) is 0 Å². The molecule has 0 spiro atoms. The number of ether oxygens (including phenoxy) is 1. The molecule has 0 fully saturated rings. The third-order valence-corrected chi connectivity index (χ3v) is 3.24. The van der Waals surface area contributed by atoms with E-state index < -0.39 is 24.3 Å². The third kappa shape index (κ3) is 5.73. The number of alkyl halides is 2. The Balaban J connectivity index is 2.02. The maximum atomic E-state index is 13.1. The van der Waals surface area contributed by atoms with Crippen molar-refractivity contribution in [2.75, 3.05) is 13.1 Å². The van der Waals surface area contributed by atoms with Crippen molar-refractivity contribution in [3.8, 4) is 0 Å². The molecule has 0 bridgehead atoms. The van der Waals surface area contributed by atoms with E-state index in [4.69, 9.17) is 4.74 Å². The summed E-state index contributed by atoms with van der Waals surface area (Å²) in [4.78, 5) is 11.6. The molecule has 0 radical (unpaired) electrons. The Morgan fingerprint density at radius 1 is 1.23 bits per heavy atom. The number of tetrazole rings is 1. The first-order chi connectivity index (χ1) is 12.3. The van der Waals surface area contributed by atoms with Gasteiger partial charge in [0.2, 0.25) is 0 Å². The number of carbonyl (C=O) groups excluding carboxylic acids is 1. The standard InChI is InChI=1S/C16H22F2N6O2/c1-16(2,3)26-15(25)20-10-9-19-12(11-7-5-4-6-8-11)13-21-22-23-24(13)14(17)18/h4-8,12,14,19H,9-10H2,1-3H3,(H,20,25). The molecule has 1 aromatic carbocycles. The number of alkyl carbamates (subject to hydrolysis) is 1. The number of halogens is 2. The smallest absolute Gasteiger partial charge is 0.407 e. The first kappa shape index (κ1) is 19.7. The minimum atomic E-state index is -2.85. The molecule has 2 rings (SSSR count). The van der Waals surface area contributed by atoms with E-state index in [-0.39, 0.29) is 12.4 Å². The molecule has 1 atom stereocenters. The Labute approximate surface area is 149 Å². The molecule has 1 amide bonds. The third-order valence-electron chi connectivity index (χ3n) is 3.24. The summed E-state index contributed by atoms with van der Waals surface area (Å²) in [5.41, 5.74) is 0.130. The molecule has 0 aliphatic carbocycles. The lowest BCUT2D eigenvalue weighted by atomic mass is 10.1. The Hall–Kier alpha value is -2.62. The number of hydrogen-bond acceptors (Lipinski definition) is 6. The summed E-state index contributed by atoms with van der Waals surface area (Å²) < 4.78 is 31.8. The second kappa shape index (κ2) is 8.65. The van der Waals surface area contributed by atoms with Gasteiger partial charge in [-0.3, -0.25) is 0 Å². The van der Waals surface area contributed by atoms with Gasteiger partial charge in [0, 0.05) is 13.1 Å². The molecule has 142 valence electrons. The quantitative estimate of drug-likeness (QED) is 0.728. The number of nitrogens with one attached hydrogen (secondary N) is 2. The highest BCUT2D eigenvalue weighted by Gasteiger charge is 2.24. The fraction of sp³-hybridized carbons (Fsp3) is 0.500. The molecular weight excluding hydrogens is 346 g/mol. The number of carbonyl (C=O) groups is 1. The molecule has 8 nitrogen and oxygen atoms in total. The summed E-state index contributed by atoms with van der Waals surface area (Å²) in [5, 5.41) is 16.1. The van der Waals surface area contributed by atoms with Crippen LogP contribution in [0.4, 0.5) is 13.6 Å². The average Bonchev–Trinajstić information content (AvgIpc) is 3.03. The molecule has 1 unspecified atom stereocenters. The van der Waals surface area contributed by atoms with Crippen LogP contribution in [0, 0.1) is 0 Å². The van der Waals surface area contributed by atoms with Gasteiger partial charge in [0.15, 0.2) is 5.82 Å². The van der Waals surface area contributed by atoms with E-state index in [0.717, 1.165) is 5.56 Å². The number of hydrogen-bond donors (Lipinski definition) is 2. The van der Waals surface area contributed by atoms with Crippen LogP contribution in [-0.4, -0.2) is 45.0 Å². The van der Waals surface area contributed by atoms with Gasteiger partial charge in [0.1, 0.15) is 5.60 Å². The van der Waals surface area contributed by atoms with E-state index in [1.807, 2.05) is 6.07 Å². The van der Waals surface area contributed by atoms with Gasteiger partial charge < -0.3 is 15.4 Å². The second-order valence-corrected chi connectivity index (χ2v) is 6.49. The normalized spacial score (nSPS) is 12.8. The van der Waals surface area contributed by atoms with Crippen LogP contribution in [0.2, 0.25) is 0 Å². The molecule has 10 heteroatoms. The van der Waals surface area contributed by atoms with E-state index >= 15 is 0 Å². The lowest BCUT2D eigenvalue weighted by molar-refractivity contribution is 0.0500. The zero-order valence-corrected chi connectivity index (χ0v) is 14.8. The van der Waals surface area contributed by atoms with Crippen LogP contribution in [0.3, 0.4) is 0 Å². The van der Waals surface area contributed by atoms with Crippen molar-refractivity contribution in [1.82, 2.24) is 30.8 Å². The van der Waals surface area contributed by atoms with Gasteiger partial charge in [-0.1, -0.05) is 30.3 Å². The molecule has 2 aromatic rings. The van der Waals surface area contributed by atoms with E-state index in [1.54, 1.807) is 45.0 Å². The molecule has 1 aromatic heterocycles. The van der Waals surface area contributed by atoms with Crippen molar-refractivity contribution >= 4 is 6.09 Å². The fourth-order valence-electron chi connectivity index (χ4n) is 2.23. The van der Waals surface area contributed by atoms with Crippen LogP contribution in [0.15, 0.2) is 30.3 Å². The zero-order chi connectivity index (χ0) is 19.2. The zero-order valence-electron chi connectivity index (χ0n) is 14.8. The predicted octanol–water partition coefficient (Wildman–Crippen LogP) is 2.27. The second-order valence-electron chi connectivity index (χ2n) is 6.49. The lowest BCUT2D eigenvalue weighted by Crippen LogP contribution is -2.38. The van der Waals surface area contributed by atoms with Crippen LogP contribution in [0.1, 0.15) is 44.8 Å². The Kier molecular flexibility index (Phi) is 6.56. The number of nitrogens with zero attached hydrogens (tertiary/aromatic N) is 4. The van der Waals surface area contributed by atoms with Crippen molar-refractivity contribution in [2.45, 2.75) is 39.0 Å². The number of aromatic nitrogens is 4. The molecular formula is C16H22F2N6O2. The lowest BCUT2D eigenvalue weighted by Gasteiger charge is -2.21. The van der Waals surface area contributed by atoms with Crippen molar-refractivity contribution < 1.29 is 18.3 Å². The SMILES string of the molecule is CC(C)(C)OC(=O)NCCNC(c1ccccc1)c1nnnn1C(F)F. The summed E-state index contributed by atoms with van der Waals surface area (Å²) in [6.07, 6.45) is -0.548. The largest absolute Gasteiger partial charge is 0.444 e. The molecule has 2 N–H and O–H groups in total. The highest BCUT2D eigenvalue weighted by molar-refractivity contribution is 5.67. The number of amides is 1. The highest BCUT2D eigenvalue weighted by Crippen LogP contribution is 2.22. The molecule has 0 aliphatic heterocycles. The minimum Gasteiger partial charge on any atom is -0.444 e. The van der Waals surface area contributed by atoms with Gasteiger partial charge in [0.05, 0.1) is 6.04 Å². The Morgan fingerprint density at radius 2 is 1.92 bits per heavy atom. The van der Waals surface area contributed by atoms with Gasteiger partial charge in [-0.25, -0.2) is 4.79 Å². The maximum Gasteiger partial charge on any atom is 0.407 e. The number of benzene rings is 1. The highest BCUT2D eigenvalue weighted by atomic mass is 19.3. The van der Waals surface area contributed by atoms with E-state index in [2.05, 4.69) is 26.2 Å². The Bertz CT molecular complexity index is 702. The summed E-state index contributed by atoms with van der Waals surface area (Å²) in [7, 11) is 0. The van der Waals surface area contributed by atoms with E-state index in [1.165, 1.54) is 0 Å². The molecule has 0 saturated heterocycles. The van der Waals surface area contributed by atoms with Gasteiger partial charge in [0.25, 0.3) is 0 Å². The van der Waals surface area contributed by atoms with Gasteiger partial charge >= 0.3 is 12.6 Å². The van der Waals surface area contributed by atoms with E-state index in [9.17, 15) is 13.6 Å². The van der Waals surface area contributed by atoms with Crippen LogP contribution in [-0.2, 0) is 4.74 Å². The van der Waals surface area contributed by atoms with Gasteiger partial charge in [-0.05, 0) is 36.8 Å². The monoisotopic (exact) mass is 368 g/mol. The topological polar surface area (TPSA) is 94.0 Å². The predicted molar refractivity (Wildman–Crippen MR) is 89.6 cm³/mol. The molecule has 26 heavy (non-hydrogen) atoms. The average molecular weight is 368 g/mol. The van der Waals surface area contributed by atoms with E-state index in [0.29, 0.717) is 11.2 Å². The fourth-order valence-corrected chi connectivity index (χ4v) is 2.23. The van der Waals surface area contributed by atoms with Gasteiger partial charge in [-0.15, -0.1) is 5.10 Å². The summed E-state index contributed by atoms with van der Waals surface area (Å²) >= 11 is 0. The molecule has 0 saturated carbocycles. The molecule has 0 aliphatic rings. The van der Waals surface area contributed by atoms with Gasteiger partial charge in [-0.2, -0.15) is 13.5 Å². The van der Waals surface area contributed by atoms with Crippen molar-refractivity contribution in [1.29, 1.82) is 0 Å². The Morgan fingerprint density at radius 3 is 2.54 bits per heavy atom. The number of rotatable bonds is 7.